The Morgan fingerprint density at radius 3 is 2.77 bits per heavy atom. The molecule has 3 rings (SSSR count). The van der Waals surface area contributed by atoms with Crippen LogP contribution in [0.25, 0.3) is 0 Å². The first kappa shape index (κ1) is 14.8. The van der Waals surface area contributed by atoms with Crippen molar-refractivity contribution in [2.24, 2.45) is 0 Å². The predicted molar refractivity (Wildman–Crippen MR) is 77.0 cm³/mol. The molecule has 2 aliphatic rings. The van der Waals surface area contributed by atoms with E-state index in [-0.39, 0.29) is 12.1 Å². The van der Waals surface area contributed by atoms with Crippen molar-refractivity contribution in [1.29, 1.82) is 0 Å². The number of hydrogen-bond donors (Lipinski definition) is 0. The summed E-state index contributed by atoms with van der Waals surface area (Å²) < 4.78 is 16.1. The molecular weight excluding hydrogens is 288 g/mol. The SMILES string of the molecule is COc1cncc(O[C@@H]2CCN(C(=O)N3CCOCC3)C2)n1. The number of urea groups is 1. The van der Waals surface area contributed by atoms with Gasteiger partial charge in [-0.25, -0.2) is 4.79 Å². The third-order valence-corrected chi connectivity index (χ3v) is 3.78. The van der Waals surface area contributed by atoms with Gasteiger partial charge >= 0.3 is 6.03 Å². The number of nitrogens with zero attached hydrogens (tertiary/aromatic N) is 4. The number of methoxy groups -OCH3 is 1. The Bertz CT molecular complexity index is 521. The van der Waals surface area contributed by atoms with Gasteiger partial charge in [-0.05, 0) is 0 Å². The van der Waals surface area contributed by atoms with Gasteiger partial charge in [0.15, 0.2) is 0 Å². The number of amides is 2. The first-order valence-corrected chi connectivity index (χ1v) is 7.40. The van der Waals surface area contributed by atoms with Crippen molar-refractivity contribution in [3.63, 3.8) is 0 Å². The highest BCUT2D eigenvalue weighted by molar-refractivity contribution is 5.74. The average molecular weight is 308 g/mol. The van der Waals surface area contributed by atoms with Gasteiger partial charge in [0.2, 0.25) is 11.8 Å². The molecule has 2 amide bonds. The zero-order valence-electron chi connectivity index (χ0n) is 12.6. The number of aromatic nitrogens is 2. The van der Waals surface area contributed by atoms with Gasteiger partial charge in [0.05, 0.1) is 39.3 Å². The smallest absolute Gasteiger partial charge is 0.320 e. The molecule has 2 aliphatic heterocycles. The summed E-state index contributed by atoms with van der Waals surface area (Å²) in [5.41, 5.74) is 0. The maximum absolute atomic E-state index is 12.4. The molecule has 0 spiro atoms. The van der Waals surface area contributed by atoms with Crippen molar-refractivity contribution < 1.29 is 19.0 Å². The molecule has 0 bridgehead atoms. The fourth-order valence-corrected chi connectivity index (χ4v) is 2.61. The largest absolute Gasteiger partial charge is 0.480 e. The van der Waals surface area contributed by atoms with Crippen LogP contribution in [0, 0.1) is 0 Å². The summed E-state index contributed by atoms with van der Waals surface area (Å²) in [6.07, 6.45) is 3.80. The molecule has 2 fully saturated rings. The van der Waals surface area contributed by atoms with Gasteiger partial charge in [-0.15, -0.1) is 0 Å². The van der Waals surface area contributed by atoms with Crippen molar-refractivity contribution in [1.82, 2.24) is 19.8 Å². The monoisotopic (exact) mass is 308 g/mol. The summed E-state index contributed by atoms with van der Waals surface area (Å²) in [5.74, 6) is 0.835. The van der Waals surface area contributed by atoms with Crippen LogP contribution in [-0.4, -0.2) is 78.4 Å². The number of ether oxygens (including phenoxy) is 3. The van der Waals surface area contributed by atoms with Gasteiger partial charge in [-0.1, -0.05) is 0 Å². The molecule has 2 saturated heterocycles. The summed E-state index contributed by atoms with van der Waals surface area (Å²) in [5, 5.41) is 0. The van der Waals surface area contributed by atoms with E-state index in [1.54, 1.807) is 6.20 Å². The van der Waals surface area contributed by atoms with Gasteiger partial charge in [0.1, 0.15) is 6.10 Å². The fraction of sp³-hybridized carbons (Fsp3) is 0.643. The first-order chi connectivity index (χ1) is 10.8. The molecule has 1 atom stereocenters. The zero-order chi connectivity index (χ0) is 15.4. The number of morpholine rings is 1. The number of carbonyl (C=O) groups excluding carboxylic acids is 1. The first-order valence-electron chi connectivity index (χ1n) is 7.40. The quantitative estimate of drug-likeness (QED) is 0.804. The molecule has 1 aromatic rings. The molecule has 3 heterocycles. The Balaban J connectivity index is 1.54. The Kier molecular flexibility index (Phi) is 4.57. The van der Waals surface area contributed by atoms with Gasteiger partial charge in [-0.3, -0.25) is 4.98 Å². The van der Waals surface area contributed by atoms with Crippen LogP contribution in [0.1, 0.15) is 6.42 Å². The van der Waals surface area contributed by atoms with Crippen LogP contribution in [0.3, 0.4) is 0 Å². The standard InChI is InChI=1S/C14H20N4O4/c1-20-12-8-15-9-13(16-12)22-11-2-3-18(10-11)14(19)17-4-6-21-7-5-17/h8-9,11H,2-7,10H2,1H3/t11-/m1/s1. The minimum absolute atomic E-state index is 0.0612. The Morgan fingerprint density at radius 2 is 2.00 bits per heavy atom. The number of carbonyl (C=O) groups is 1. The van der Waals surface area contributed by atoms with Crippen LogP contribution < -0.4 is 9.47 Å². The summed E-state index contributed by atoms with van der Waals surface area (Å²) in [4.78, 5) is 24.2. The molecular formula is C14H20N4O4. The molecule has 0 aromatic carbocycles. The molecule has 8 nitrogen and oxygen atoms in total. The van der Waals surface area contributed by atoms with Gasteiger partial charge in [0.25, 0.3) is 0 Å². The lowest BCUT2D eigenvalue weighted by Gasteiger charge is -2.30. The Hall–Kier alpha value is -2.09. The summed E-state index contributed by atoms with van der Waals surface area (Å²) in [6, 6.07) is 0.0612. The highest BCUT2D eigenvalue weighted by Gasteiger charge is 2.31. The molecule has 0 N–H and O–H groups in total. The summed E-state index contributed by atoms with van der Waals surface area (Å²) in [7, 11) is 1.53. The minimum atomic E-state index is -0.0635. The molecule has 1 aromatic heterocycles. The van der Waals surface area contributed by atoms with E-state index in [1.807, 2.05) is 9.80 Å². The lowest BCUT2D eigenvalue weighted by atomic mass is 10.3. The van der Waals surface area contributed by atoms with E-state index in [0.717, 1.165) is 6.42 Å². The van der Waals surface area contributed by atoms with Crippen LogP contribution in [0.2, 0.25) is 0 Å². The van der Waals surface area contributed by atoms with Gasteiger partial charge in [0, 0.05) is 26.1 Å². The van der Waals surface area contributed by atoms with E-state index in [1.165, 1.54) is 13.3 Å². The van der Waals surface area contributed by atoms with E-state index in [9.17, 15) is 4.79 Å². The maximum atomic E-state index is 12.4. The molecule has 22 heavy (non-hydrogen) atoms. The van der Waals surface area contributed by atoms with Crippen molar-refractivity contribution in [3.8, 4) is 11.8 Å². The summed E-state index contributed by atoms with van der Waals surface area (Å²) in [6.45, 7) is 3.79. The topological polar surface area (TPSA) is 77.0 Å². The van der Waals surface area contributed by atoms with E-state index in [0.29, 0.717) is 51.2 Å². The third-order valence-electron chi connectivity index (χ3n) is 3.78. The maximum Gasteiger partial charge on any atom is 0.320 e. The second-order valence-corrected chi connectivity index (χ2v) is 5.26. The number of rotatable bonds is 3. The molecule has 8 heteroatoms. The average Bonchev–Trinajstić information content (AvgIpc) is 3.03. The van der Waals surface area contributed by atoms with Crippen molar-refractivity contribution in [2.45, 2.75) is 12.5 Å². The second kappa shape index (κ2) is 6.78. The normalized spacial score (nSPS) is 21.8. The van der Waals surface area contributed by atoms with E-state index in [4.69, 9.17) is 14.2 Å². The van der Waals surface area contributed by atoms with Crippen molar-refractivity contribution >= 4 is 6.03 Å². The zero-order valence-corrected chi connectivity index (χ0v) is 12.6. The molecule has 0 unspecified atom stereocenters. The molecule has 0 radical (unpaired) electrons. The van der Waals surface area contributed by atoms with Crippen molar-refractivity contribution in [2.75, 3.05) is 46.5 Å². The fourth-order valence-electron chi connectivity index (χ4n) is 2.61. The van der Waals surface area contributed by atoms with Gasteiger partial charge < -0.3 is 24.0 Å². The Morgan fingerprint density at radius 1 is 1.23 bits per heavy atom. The highest BCUT2D eigenvalue weighted by Crippen LogP contribution is 2.19. The van der Waals surface area contributed by atoms with Crippen molar-refractivity contribution in [3.05, 3.63) is 12.4 Å². The summed E-state index contributed by atoms with van der Waals surface area (Å²) >= 11 is 0. The van der Waals surface area contributed by atoms with Crippen LogP contribution in [-0.2, 0) is 4.74 Å². The van der Waals surface area contributed by atoms with Gasteiger partial charge in [-0.2, -0.15) is 4.98 Å². The number of likely N-dealkylation sites (tertiary alicyclic amines) is 1. The highest BCUT2D eigenvalue weighted by atomic mass is 16.5. The second-order valence-electron chi connectivity index (χ2n) is 5.26. The van der Waals surface area contributed by atoms with E-state index in [2.05, 4.69) is 9.97 Å². The van der Waals surface area contributed by atoms with Crippen LogP contribution in [0.4, 0.5) is 4.79 Å². The Labute approximate surface area is 129 Å². The van der Waals surface area contributed by atoms with E-state index < -0.39 is 0 Å². The predicted octanol–water partition coefficient (Wildman–Crippen LogP) is 0.390. The number of hydrogen-bond acceptors (Lipinski definition) is 6. The molecule has 0 aliphatic carbocycles. The van der Waals surface area contributed by atoms with Crippen LogP contribution >= 0.6 is 0 Å². The molecule has 0 saturated carbocycles. The lowest BCUT2D eigenvalue weighted by molar-refractivity contribution is 0.0443. The van der Waals surface area contributed by atoms with Crippen LogP contribution in [0.15, 0.2) is 12.4 Å². The van der Waals surface area contributed by atoms with Crippen LogP contribution in [0.5, 0.6) is 11.8 Å². The minimum Gasteiger partial charge on any atom is -0.480 e. The third kappa shape index (κ3) is 3.38. The lowest BCUT2D eigenvalue weighted by Crippen LogP contribution is -2.47. The van der Waals surface area contributed by atoms with E-state index >= 15 is 0 Å². The molecule has 120 valence electrons.